The third-order valence-corrected chi connectivity index (χ3v) is 5.00. The molecule has 0 spiro atoms. The zero-order chi connectivity index (χ0) is 16.5. The minimum Gasteiger partial charge on any atom is -0.545 e. The van der Waals surface area contributed by atoms with Crippen LogP contribution in [-0.4, -0.2) is 14.4 Å². The molecule has 0 radical (unpaired) electrons. The van der Waals surface area contributed by atoms with E-state index in [0.29, 0.717) is 5.02 Å². The molecule has 0 saturated heterocycles. The molecule has 0 bridgehead atoms. The first-order chi connectivity index (χ1) is 10.2. The molecule has 2 aromatic carbocycles. The minimum atomic E-state index is -4.12. The van der Waals surface area contributed by atoms with Crippen LogP contribution in [0.2, 0.25) is 15.1 Å². The van der Waals surface area contributed by atoms with Crippen LogP contribution in [0.5, 0.6) is 0 Å². The van der Waals surface area contributed by atoms with Crippen LogP contribution in [0.15, 0.2) is 41.3 Å². The lowest BCUT2D eigenvalue weighted by atomic mass is 10.2. The standard InChI is InChI=1S/C13H8Cl3NO4S/c14-7-2-1-3-8(4-7)17-22(20,21)12-5-9(13(18)19)10(15)6-11(12)16/h1-6,17H,(H,18,19)/p-1. The lowest BCUT2D eigenvalue weighted by Crippen LogP contribution is -2.23. The van der Waals surface area contributed by atoms with E-state index in [0.717, 1.165) is 12.1 Å². The number of nitrogens with one attached hydrogen (secondary N) is 1. The van der Waals surface area contributed by atoms with Crippen molar-refractivity contribution in [2.45, 2.75) is 4.90 Å². The number of aromatic carboxylic acids is 1. The monoisotopic (exact) mass is 378 g/mol. The van der Waals surface area contributed by atoms with Crippen molar-refractivity contribution in [2.24, 2.45) is 0 Å². The maximum atomic E-state index is 12.3. The molecular weight excluding hydrogens is 373 g/mol. The number of carboxylic acids is 1. The van der Waals surface area contributed by atoms with Crippen LogP contribution in [0.4, 0.5) is 5.69 Å². The second kappa shape index (κ2) is 6.34. The first kappa shape index (κ1) is 16.9. The summed E-state index contributed by atoms with van der Waals surface area (Å²) in [5.74, 6) is -1.61. The van der Waals surface area contributed by atoms with Gasteiger partial charge in [0.1, 0.15) is 4.90 Å². The van der Waals surface area contributed by atoms with E-state index in [9.17, 15) is 18.3 Å². The van der Waals surface area contributed by atoms with Crippen molar-refractivity contribution in [1.82, 2.24) is 0 Å². The van der Waals surface area contributed by atoms with Gasteiger partial charge in [-0.05, 0) is 30.3 Å². The van der Waals surface area contributed by atoms with Crippen molar-refractivity contribution >= 4 is 56.5 Å². The molecular formula is C13H7Cl3NO4S-. The Morgan fingerprint density at radius 2 is 1.73 bits per heavy atom. The van der Waals surface area contributed by atoms with E-state index in [-0.39, 0.29) is 15.7 Å². The number of carboxylic acid groups (broad SMARTS) is 1. The molecule has 0 heterocycles. The quantitative estimate of drug-likeness (QED) is 0.885. The third-order valence-electron chi connectivity index (χ3n) is 2.61. The minimum absolute atomic E-state index is 0.202. The van der Waals surface area contributed by atoms with E-state index in [2.05, 4.69) is 4.72 Å². The van der Waals surface area contributed by atoms with Crippen LogP contribution in [0.3, 0.4) is 0 Å². The molecule has 2 rings (SSSR count). The average molecular weight is 380 g/mol. The van der Waals surface area contributed by atoms with Gasteiger partial charge in [-0.3, -0.25) is 4.72 Å². The molecule has 0 saturated carbocycles. The Labute approximate surface area is 141 Å². The zero-order valence-corrected chi connectivity index (χ0v) is 13.7. The van der Waals surface area contributed by atoms with Gasteiger partial charge in [0.2, 0.25) is 0 Å². The lowest BCUT2D eigenvalue weighted by Gasteiger charge is -2.13. The van der Waals surface area contributed by atoms with Crippen molar-refractivity contribution in [1.29, 1.82) is 0 Å². The number of benzene rings is 2. The average Bonchev–Trinajstić information content (AvgIpc) is 2.37. The predicted octanol–water partition coefficient (Wildman–Crippen LogP) is 2.81. The van der Waals surface area contributed by atoms with Gasteiger partial charge in [0, 0.05) is 10.6 Å². The highest BCUT2D eigenvalue weighted by molar-refractivity contribution is 7.92. The van der Waals surface area contributed by atoms with Crippen molar-refractivity contribution in [2.75, 3.05) is 4.72 Å². The molecule has 22 heavy (non-hydrogen) atoms. The summed E-state index contributed by atoms with van der Waals surface area (Å²) in [5.41, 5.74) is -0.272. The van der Waals surface area contributed by atoms with Gasteiger partial charge in [0.25, 0.3) is 10.0 Å². The van der Waals surface area contributed by atoms with Gasteiger partial charge in [-0.25, -0.2) is 8.42 Å². The molecule has 9 heteroatoms. The Morgan fingerprint density at radius 3 is 2.32 bits per heavy atom. The Bertz CT molecular complexity index is 852. The van der Waals surface area contributed by atoms with Gasteiger partial charge < -0.3 is 9.90 Å². The number of carbonyl (C=O) groups excluding carboxylic acids is 1. The summed E-state index contributed by atoms with van der Waals surface area (Å²) in [7, 11) is -4.12. The second-order valence-electron chi connectivity index (χ2n) is 4.17. The molecule has 5 nitrogen and oxygen atoms in total. The maximum absolute atomic E-state index is 12.3. The Kier molecular flexibility index (Phi) is 4.87. The molecule has 0 atom stereocenters. The molecule has 0 aliphatic carbocycles. The number of hydrogen-bond acceptors (Lipinski definition) is 4. The summed E-state index contributed by atoms with van der Waals surface area (Å²) < 4.78 is 26.9. The summed E-state index contributed by atoms with van der Waals surface area (Å²) in [5, 5.41) is 10.8. The predicted molar refractivity (Wildman–Crippen MR) is 83.1 cm³/mol. The third kappa shape index (κ3) is 3.64. The first-order valence-electron chi connectivity index (χ1n) is 5.69. The molecule has 0 fully saturated rings. The highest BCUT2D eigenvalue weighted by Crippen LogP contribution is 2.30. The molecule has 0 aliphatic rings. The highest BCUT2D eigenvalue weighted by atomic mass is 35.5. The summed E-state index contributed by atoms with van der Waals surface area (Å²) in [6.45, 7) is 0. The Hall–Kier alpha value is -1.47. The van der Waals surface area contributed by atoms with Crippen molar-refractivity contribution in [3.05, 3.63) is 57.0 Å². The fourth-order valence-corrected chi connectivity index (χ4v) is 3.74. The first-order valence-corrected chi connectivity index (χ1v) is 8.31. The van der Waals surface area contributed by atoms with Crippen molar-refractivity contribution in [3.8, 4) is 0 Å². The van der Waals surface area contributed by atoms with Gasteiger partial charge in [-0.15, -0.1) is 0 Å². The Morgan fingerprint density at radius 1 is 1.05 bits per heavy atom. The van der Waals surface area contributed by atoms with Crippen LogP contribution in [-0.2, 0) is 10.0 Å². The highest BCUT2D eigenvalue weighted by Gasteiger charge is 2.21. The van der Waals surface area contributed by atoms with E-state index in [1.54, 1.807) is 12.1 Å². The van der Waals surface area contributed by atoms with E-state index >= 15 is 0 Å². The SMILES string of the molecule is O=C([O-])c1cc(S(=O)(=O)Nc2cccc(Cl)c2)c(Cl)cc1Cl. The zero-order valence-electron chi connectivity index (χ0n) is 10.6. The van der Waals surface area contributed by atoms with E-state index in [1.807, 2.05) is 0 Å². The van der Waals surface area contributed by atoms with Gasteiger partial charge in [0.15, 0.2) is 0 Å². The number of halogens is 3. The van der Waals surface area contributed by atoms with E-state index in [4.69, 9.17) is 34.8 Å². The largest absolute Gasteiger partial charge is 0.545 e. The van der Waals surface area contributed by atoms with Crippen LogP contribution < -0.4 is 9.83 Å². The van der Waals surface area contributed by atoms with E-state index < -0.39 is 26.5 Å². The molecule has 0 amide bonds. The fourth-order valence-electron chi connectivity index (χ4n) is 1.65. The smallest absolute Gasteiger partial charge is 0.263 e. The van der Waals surface area contributed by atoms with Gasteiger partial charge >= 0.3 is 0 Å². The summed E-state index contributed by atoms with van der Waals surface area (Å²) in [6.07, 6.45) is 0. The molecule has 1 N–H and O–H groups in total. The number of hydrogen-bond donors (Lipinski definition) is 1. The normalized spacial score (nSPS) is 11.2. The summed E-state index contributed by atoms with van der Waals surface area (Å²) in [6, 6.07) is 7.86. The van der Waals surface area contributed by atoms with Crippen LogP contribution in [0.1, 0.15) is 10.4 Å². The lowest BCUT2D eigenvalue weighted by molar-refractivity contribution is -0.255. The van der Waals surface area contributed by atoms with Crippen LogP contribution in [0, 0.1) is 0 Å². The number of rotatable bonds is 4. The fraction of sp³-hybridized carbons (Fsp3) is 0. The molecule has 116 valence electrons. The van der Waals surface area contributed by atoms with Gasteiger partial charge in [0.05, 0.1) is 21.7 Å². The molecule has 2 aromatic rings. The number of anilines is 1. The number of carbonyl (C=O) groups is 1. The van der Waals surface area contributed by atoms with Crippen LogP contribution in [0.25, 0.3) is 0 Å². The molecule has 0 aromatic heterocycles. The van der Waals surface area contributed by atoms with Gasteiger partial charge in [-0.2, -0.15) is 0 Å². The Balaban J connectivity index is 2.50. The molecule has 0 aliphatic heterocycles. The van der Waals surface area contributed by atoms with E-state index in [1.165, 1.54) is 12.1 Å². The van der Waals surface area contributed by atoms with Crippen molar-refractivity contribution in [3.63, 3.8) is 0 Å². The number of sulfonamides is 1. The van der Waals surface area contributed by atoms with Gasteiger partial charge in [-0.1, -0.05) is 40.9 Å². The van der Waals surface area contributed by atoms with Crippen LogP contribution >= 0.6 is 34.8 Å². The summed E-state index contributed by atoms with van der Waals surface area (Å²) >= 11 is 17.3. The summed E-state index contributed by atoms with van der Waals surface area (Å²) in [4.78, 5) is 10.5. The second-order valence-corrected chi connectivity index (χ2v) is 7.07. The topological polar surface area (TPSA) is 86.3 Å². The maximum Gasteiger partial charge on any atom is 0.263 e. The van der Waals surface area contributed by atoms with Crippen molar-refractivity contribution < 1.29 is 18.3 Å². The molecule has 0 unspecified atom stereocenters.